The van der Waals surface area contributed by atoms with Crippen molar-refractivity contribution in [3.8, 4) is 0 Å². The van der Waals surface area contributed by atoms with E-state index in [9.17, 15) is 19.2 Å². The van der Waals surface area contributed by atoms with E-state index in [-0.39, 0.29) is 35.6 Å². The molecule has 0 unspecified atom stereocenters. The van der Waals surface area contributed by atoms with Gasteiger partial charge in [0.25, 0.3) is 5.91 Å². The molecule has 1 aliphatic rings. The molecule has 10 heteroatoms. The second-order valence-corrected chi connectivity index (χ2v) is 9.47. The predicted molar refractivity (Wildman–Crippen MR) is 132 cm³/mol. The largest absolute Gasteiger partial charge is 0.356 e. The van der Waals surface area contributed by atoms with Gasteiger partial charge in [0.15, 0.2) is 5.01 Å². The highest BCUT2D eigenvalue weighted by atomic mass is 32.1. The summed E-state index contributed by atoms with van der Waals surface area (Å²) in [4.78, 5) is 58.1. The molecule has 0 saturated carbocycles. The van der Waals surface area contributed by atoms with Crippen molar-refractivity contribution in [2.45, 2.75) is 18.9 Å². The highest BCUT2D eigenvalue weighted by Gasteiger charge is 2.33. The van der Waals surface area contributed by atoms with E-state index >= 15 is 0 Å². The van der Waals surface area contributed by atoms with E-state index in [0.717, 1.165) is 15.6 Å². The number of nitrogens with zero attached hydrogens (tertiary/aromatic N) is 1. The van der Waals surface area contributed by atoms with Gasteiger partial charge >= 0.3 is 0 Å². The number of benzene rings is 2. The molecule has 0 radical (unpaired) electrons. The first kappa shape index (κ1) is 22.7. The Morgan fingerprint density at radius 3 is 2.69 bits per heavy atom. The molecule has 0 bridgehead atoms. The van der Waals surface area contributed by atoms with Crippen LogP contribution in [0.4, 0.5) is 0 Å². The highest BCUT2D eigenvalue weighted by molar-refractivity contribution is 7.20. The molecule has 35 heavy (non-hydrogen) atoms. The third kappa shape index (κ3) is 4.92. The number of thiazole rings is 1. The van der Waals surface area contributed by atoms with Gasteiger partial charge in [-0.1, -0.05) is 30.3 Å². The summed E-state index contributed by atoms with van der Waals surface area (Å²) in [5.41, 5.74) is 1.86. The van der Waals surface area contributed by atoms with Gasteiger partial charge < -0.3 is 20.9 Å². The third-order valence-electron chi connectivity index (χ3n) is 6.02. The molecule has 3 amide bonds. The molecule has 5 rings (SSSR count). The molecule has 2 aromatic carbocycles. The van der Waals surface area contributed by atoms with E-state index < -0.39 is 17.9 Å². The monoisotopic (exact) mass is 489 g/mol. The maximum absolute atomic E-state index is 13.3. The first-order valence-corrected chi connectivity index (χ1v) is 12.1. The number of rotatable bonds is 8. The van der Waals surface area contributed by atoms with Gasteiger partial charge in [0.1, 0.15) is 5.69 Å². The number of carbonyl (C=O) groups excluding carboxylic acids is 4. The van der Waals surface area contributed by atoms with Gasteiger partial charge in [-0.2, -0.15) is 0 Å². The lowest BCUT2D eigenvalue weighted by Gasteiger charge is -2.19. The van der Waals surface area contributed by atoms with E-state index in [4.69, 9.17) is 0 Å². The summed E-state index contributed by atoms with van der Waals surface area (Å²) in [5.74, 6) is -1.80. The Morgan fingerprint density at radius 1 is 1.11 bits per heavy atom. The zero-order valence-electron chi connectivity index (χ0n) is 18.7. The number of hydrogen-bond acceptors (Lipinski definition) is 6. The van der Waals surface area contributed by atoms with Crippen LogP contribution in [0.1, 0.15) is 33.1 Å². The Labute approximate surface area is 204 Å². The molecule has 4 N–H and O–H groups in total. The van der Waals surface area contributed by atoms with Crippen LogP contribution in [0.25, 0.3) is 21.1 Å². The average Bonchev–Trinajstić information content (AvgIpc) is 3.59. The van der Waals surface area contributed by atoms with Gasteiger partial charge in [0.2, 0.25) is 17.6 Å². The summed E-state index contributed by atoms with van der Waals surface area (Å²) < 4.78 is 0.866. The second-order valence-electron chi connectivity index (χ2n) is 8.44. The van der Waals surface area contributed by atoms with Gasteiger partial charge in [-0.05, 0) is 37.1 Å². The van der Waals surface area contributed by atoms with Crippen molar-refractivity contribution in [3.05, 3.63) is 65.3 Å². The van der Waals surface area contributed by atoms with Gasteiger partial charge in [-0.15, -0.1) is 11.3 Å². The number of para-hydroxylation sites is 2. The van der Waals surface area contributed by atoms with Crippen molar-refractivity contribution in [1.82, 2.24) is 25.9 Å². The lowest BCUT2D eigenvalue weighted by molar-refractivity contribution is -0.124. The van der Waals surface area contributed by atoms with Gasteiger partial charge in [-0.25, -0.2) is 4.98 Å². The number of ketones is 1. The molecule has 4 aromatic rings. The van der Waals surface area contributed by atoms with E-state index in [1.165, 1.54) is 11.3 Å². The van der Waals surface area contributed by atoms with Crippen molar-refractivity contribution < 1.29 is 19.2 Å². The van der Waals surface area contributed by atoms with E-state index in [0.29, 0.717) is 24.2 Å². The number of carbonyl (C=O) groups is 4. The number of aromatic amines is 1. The number of nitrogens with one attached hydrogen (secondary N) is 4. The molecule has 1 fully saturated rings. The van der Waals surface area contributed by atoms with E-state index in [2.05, 4.69) is 25.9 Å². The maximum Gasteiger partial charge on any atom is 0.268 e. The Balaban J connectivity index is 1.27. The first-order chi connectivity index (χ1) is 17.0. The number of amides is 3. The van der Waals surface area contributed by atoms with Gasteiger partial charge in [0.05, 0.1) is 22.8 Å². The van der Waals surface area contributed by atoms with Crippen molar-refractivity contribution >= 4 is 56.0 Å². The van der Waals surface area contributed by atoms with Crippen LogP contribution >= 0.6 is 11.3 Å². The van der Waals surface area contributed by atoms with E-state index in [1.54, 1.807) is 6.07 Å². The van der Waals surface area contributed by atoms with Crippen LogP contribution in [-0.4, -0.2) is 52.6 Å². The summed E-state index contributed by atoms with van der Waals surface area (Å²) in [7, 11) is 0. The Bertz CT molecular complexity index is 1380. The summed E-state index contributed by atoms with van der Waals surface area (Å²) in [6.07, 6.45) is 0.762. The van der Waals surface area contributed by atoms with Crippen molar-refractivity contribution in [1.29, 1.82) is 0 Å². The molecule has 2 aromatic heterocycles. The quantitative estimate of drug-likeness (QED) is 0.282. The minimum Gasteiger partial charge on any atom is -0.356 e. The summed E-state index contributed by atoms with van der Waals surface area (Å²) >= 11 is 1.25. The summed E-state index contributed by atoms with van der Waals surface area (Å²) in [6, 6.07) is 15.7. The fourth-order valence-corrected chi connectivity index (χ4v) is 5.17. The molecule has 3 heterocycles. The normalized spacial score (nSPS) is 16.2. The van der Waals surface area contributed by atoms with Gasteiger partial charge in [-0.3, -0.25) is 19.2 Å². The number of H-pyrrole nitrogens is 1. The smallest absolute Gasteiger partial charge is 0.268 e. The van der Waals surface area contributed by atoms with Crippen LogP contribution in [0.15, 0.2) is 54.6 Å². The van der Waals surface area contributed by atoms with Crippen LogP contribution in [0.2, 0.25) is 0 Å². The van der Waals surface area contributed by atoms with Crippen LogP contribution in [-0.2, 0) is 9.59 Å². The fraction of sp³-hybridized carbons (Fsp3) is 0.240. The van der Waals surface area contributed by atoms with Crippen molar-refractivity contribution in [2.75, 3.05) is 13.1 Å². The standard InChI is InChI=1S/C25H23N5O4S/c31-21(13-27-24(34)19-11-14-5-1-2-6-16(14)28-19)29-18(12-15-9-10-26-23(15)33)22(32)25-30-17-7-3-4-8-20(17)35-25/h1-8,11,15,18,28H,9-10,12-13H2,(H,26,33)(H,27,34)(H,29,31)/t15-,18-/m0/s1. The Morgan fingerprint density at radius 2 is 1.91 bits per heavy atom. The number of fused-ring (bicyclic) bond motifs is 2. The van der Waals surface area contributed by atoms with Crippen LogP contribution < -0.4 is 16.0 Å². The third-order valence-corrected chi connectivity index (χ3v) is 7.07. The van der Waals surface area contributed by atoms with Gasteiger partial charge in [0, 0.05) is 23.4 Å². The highest BCUT2D eigenvalue weighted by Crippen LogP contribution is 2.25. The van der Waals surface area contributed by atoms with E-state index in [1.807, 2.05) is 48.5 Å². The molecular formula is C25H23N5O4S. The lowest BCUT2D eigenvalue weighted by atomic mass is 9.96. The minimum absolute atomic E-state index is 0.131. The zero-order chi connectivity index (χ0) is 24.4. The first-order valence-electron chi connectivity index (χ1n) is 11.3. The summed E-state index contributed by atoms with van der Waals surface area (Å²) in [5, 5.41) is 9.22. The van der Waals surface area contributed by atoms with Crippen molar-refractivity contribution in [2.24, 2.45) is 5.92 Å². The number of aromatic nitrogens is 2. The number of hydrogen-bond donors (Lipinski definition) is 4. The van der Waals surface area contributed by atoms with Crippen molar-refractivity contribution in [3.63, 3.8) is 0 Å². The average molecular weight is 490 g/mol. The molecule has 0 aliphatic carbocycles. The minimum atomic E-state index is -0.929. The lowest BCUT2D eigenvalue weighted by Crippen LogP contribution is -2.46. The predicted octanol–water partition coefficient (Wildman–Crippen LogP) is 2.40. The number of Topliss-reactive ketones (excluding diaryl/α,β-unsaturated/α-hetero) is 1. The molecule has 9 nitrogen and oxygen atoms in total. The summed E-state index contributed by atoms with van der Waals surface area (Å²) in [6.45, 7) is 0.231. The van der Waals surface area contributed by atoms with Crippen LogP contribution in [0.3, 0.4) is 0 Å². The molecule has 1 aliphatic heterocycles. The van der Waals surface area contributed by atoms with Crippen LogP contribution in [0, 0.1) is 5.92 Å². The molecule has 178 valence electrons. The zero-order valence-corrected chi connectivity index (χ0v) is 19.5. The SMILES string of the molecule is O=C(CNC(=O)c1cc2ccccc2[nH]1)N[C@@H](C[C@@H]1CCNC1=O)C(=O)c1nc2ccccc2s1. The molecule has 0 spiro atoms. The molecule has 2 atom stereocenters. The van der Waals surface area contributed by atoms with Crippen LogP contribution in [0.5, 0.6) is 0 Å². The fourth-order valence-electron chi connectivity index (χ4n) is 4.21. The Kier molecular flexibility index (Phi) is 6.28. The Hall–Kier alpha value is -4.05. The maximum atomic E-state index is 13.3. The molecule has 1 saturated heterocycles. The topological polar surface area (TPSA) is 133 Å². The molecular weight excluding hydrogens is 466 g/mol. The second kappa shape index (κ2) is 9.67.